The number of hydrogen-bond acceptors (Lipinski definition) is 5. The predicted octanol–water partition coefficient (Wildman–Crippen LogP) is 19.1. The molecule has 8 aromatic carbocycles. The Hall–Kier alpha value is -12.5. The molecular weight excluding hydrogens is 1140 g/mol. The minimum atomic E-state index is 0.572. The highest BCUT2D eigenvalue weighted by atomic mass is 16.3. The highest BCUT2D eigenvalue weighted by molar-refractivity contribution is 6.13. The van der Waals surface area contributed by atoms with E-state index in [1.807, 2.05) is 153 Å². The Kier molecular flexibility index (Phi) is 15.4. The first-order valence-corrected chi connectivity index (χ1v) is 29.9. The lowest BCUT2D eigenvalue weighted by molar-refractivity contribution is -0.660. The maximum Gasteiger partial charge on any atom is 0.243 e. The van der Waals surface area contributed by atoms with Crippen molar-refractivity contribution < 1.29 is 35.9 Å². The van der Waals surface area contributed by atoms with Crippen LogP contribution in [0.4, 0.5) is 17.1 Å². The van der Waals surface area contributed by atoms with Gasteiger partial charge in [0.25, 0.3) is 0 Å². The second-order valence-electron chi connectivity index (χ2n) is 23.0. The molecule has 0 fully saturated rings. The van der Waals surface area contributed by atoms with Crippen LogP contribution in [0.3, 0.4) is 0 Å². The number of nitriles is 1. The second-order valence-corrected chi connectivity index (χ2v) is 23.0. The molecule has 0 saturated heterocycles. The van der Waals surface area contributed by atoms with E-state index in [9.17, 15) is 5.26 Å². The first-order valence-electron chi connectivity index (χ1n) is 29.9. The fourth-order valence-corrected chi connectivity index (χ4v) is 12.4. The van der Waals surface area contributed by atoms with Gasteiger partial charge in [-0.15, -0.1) is 0 Å². The third-order valence-electron chi connectivity index (χ3n) is 17.1. The number of nitrogens with zero attached hydrogens (tertiary/aromatic N) is 8. The number of aromatic nitrogens is 4. The van der Waals surface area contributed by atoms with Gasteiger partial charge >= 0.3 is 0 Å². The van der Waals surface area contributed by atoms with Gasteiger partial charge in [0.05, 0.1) is 30.8 Å². The van der Waals surface area contributed by atoms with Crippen molar-refractivity contribution in [2.45, 2.75) is 27.7 Å². The molecular formula is C80H60N8O4+4. The van der Waals surface area contributed by atoms with Crippen molar-refractivity contribution in [1.29, 1.82) is 5.26 Å². The molecule has 92 heavy (non-hydrogen) atoms. The third kappa shape index (κ3) is 10.6. The largest absolute Gasteiger partial charge is 0.467 e. The zero-order valence-corrected chi connectivity index (χ0v) is 52.0. The lowest BCUT2D eigenvalue weighted by Crippen LogP contribution is -2.30. The maximum atomic E-state index is 9.27. The molecule has 0 unspecified atom stereocenters. The minimum Gasteiger partial charge on any atom is -0.467 e. The van der Waals surface area contributed by atoms with Crippen LogP contribution in [-0.4, -0.2) is 0 Å². The van der Waals surface area contributed by atoms with Crippen LogP contribution < -0.4 is 18.3 Å². The quantitative estimate of drug-likeness (QED) is 0.129. The smallest absolute Gasteiger partial charge is 0.243 e. The number of pyridine rings is 4. The molecule has 16 rings (SSSR count). The van der Waals surface area contributed by atoms with Crippen LogP contribution in [-0.2, 0) is 28.2 Å². The molecule has 8 aromatic heterocycles. The van der Waals surface area contributed by atoms with E-state index in [4.69, 9.17) is 37.4 Å². The molecule has 0 amide bonds. The molecule has 16 aromatic rings. The molecule has 8 heterocycles. The van der Waals surface area contributed by atoms with Crippen LogP contribution in [0.25, 0.3) is 147 Å². The zero-order valence-electron chi connectivity index (χ0n) is 52.0. The fourth-order valence-electron chi connectivity index (χ4n) is 12.4. The molecule has 440 valence electrons. The number of fused-ring (bicyclic) bond motifs is 12. The minimum absolute atomic E-state index is 0.572. The van der Waals surface area contributed by atoms with Crippen LogP contribution in [0.1, 0.15) is 27.8 Å². The van der Waals surface area contributed by atoms with Gasteiger partial charge < -0.3 is 17.7 Å². The van der Waals surface area contributed by atoms with Gasteiger partial charge in [0.1, 0.15) is 73.3 Å². The van der Waals surface area contributed by atoms with Gasteiger partial charge in [0.2, 0.25) is 28.5 Å². The summed E-state index contributed by atoms with van der Waals surface area (Å²) in [5, 5.41) is 17.5. The molecule has 0 bridgehead atoms. The lowest BCUT2D eigenvalue weighted by Gasteiger charge is -2.07. The molecule has 0 aliphatic carbocycles. The predicted molar refractivity (Wildman–Crippen MR) is 364 cm³/mol. The molecule has 12 heteroatoms. The van der Waals surface area contributed by atoms with Crippen LogP contribution in [0.15, 0.2) is 237 Å². The van der Waals surface area contributed by atoms with Gasteiger partial charge in [-0.05, 0) is 147 Å². The summed E-state index contributed by atoms with van der Waals surface area (Å²) in [6.45, 7) is 30.4. The van der Waals surface area contributed by atoms with Crippen molar-refractivity contribution in [3.8, 4) is 51.1 Å². The van der Waals surface area contributed by atoms with E-state index in [0.717, 1.165) is 110 Å². The molecule has 12 nitrogen and oxygen atoms in total. The molecule has 0 radical (unpaired) electrons. The molecule has 0 spiro atoms. The summed E-state index contributed by atoms with van der Waals surface area (Å²) in [6.07, 6.45) is 8.13. The summed E-state index contributed by atoms with van der Waals surface area (Å²) in [7, 11) is 8.13. The molecule has 0 aliphatic rings. The van der Waals surface area contributed by atoms with Gasteiger partial charge in [0, 0.05) is 108 Å². The van der Waals surface area contributed by atoms with Crippen LogP contribution in [0.2, 0.25) is 0 Å². The van der Waals surface area contributed by atoms with Crippen molar-refractivity contribution in [2.24, 2.45) is 28.2 Å². The average molecular weight is 1200 g/mol. The molecule has 0 aliphatic heterocycles. The molecule has 0 atom stereocenters. The Labute approximate surface area is 531 Å². The number of hydrogen-bond donors (Lipinski definition) is 0. The first-order chi connectivity index (χ1) is 44.7. The summed E-state index contributed by atoms with van der Waals surface area (Å²) in [5.74, 6) is 0. The van der Waals surface area contributed by atoms with E-state index in [0.29, 0.717) is 33.8 Å². The van der Waals surface area contributed by atoms with Crippen LogP contribution in [0.5, 0.6) is 0 Å². The average Bonchev–Trinajstić information content (AvgIpc) is 1.65. The summed E-state index contributed by atoms with van der Waals surface area (Å²) in [4.78, 5) is 10.8. The number of rotatable bonds is 4. The van der Waals surface area contributed by atoms with Gasteiger partial charge in [-0.1, -0.05) is 48.5 Å². The Balaban J connectivity index is 0.000000112. The van der Waals surface area contributed by atoms with Gasteiger partial charge in [-0.3, -0.25) is 0 Å². The Morgan fingerprint density at radius 1 is 0.337 bits per heavy atom. The first kappa shape index (κ1) is 58.5. The van der Waals surface area contributed by atoms with Crippen LogP contribution in [0, 0.1) is 58.7 Å². The standard InChI is InChI=1S/4C20H15N2O/c1-13-12-15-14-8-4-5-10-17(14)23-20(15)19(21-2)18(13)16-9-6-7-11-22(16)3;1-13-10-20-17(12-15(13)18-6-4-5-9-22(18)3)16-11-14(21-2)7-8-19(16)23-20;1-13-10-19-17(12-16(13)18-6-4-5-9-22(18)3)15-8-7-14(21-2)11-20(15)23-19;1-13-10-19-17(11-16(13)18-8-3-4-9-22(18)2)15-7-5-6-14(12-21)20(15)23-19/h3*4-12H,1,3H3;3-11H,1-2H3/q4*+1. The van der Waals surface area contributed by atoms with Gasteiger partial charge in [0.15, 0.2) is 41.7 Å². The van der Waals surface area contributed by atoms with Crippen molar-refractivity contribution in [1.82, 2.24) is 0 Å². The SMILES string of the molecule is Cc1cc2oc3c(C#N)cccc3c2cc1-c1cccc[n+]1C.[C-]#[N+]c1c(-c2cccc[n+]2C)c(C)cc2c1oc1ccccc12.[C-]#[N+]c1ccc2c(c1)oc1cc(C)c(-c3cccc[n+]3C)cc12.[C-]#[N+]c1ccc2oc3cc(C)c(-c4cccc[n+]4C)cc3c2c1. The Morgan fingerprint density at radius 3 is 1.30 bits per heavy atom. The third-order valence-corrected chi connectivity index (χ3v) is 17.1. The summed E-state index contributed by atoms with van der Waals surface area (Å²) < 4.78 is 32.2. The second kappa shape index (κ2) is 24.2. The van der Waals surface area contributed by atoms with Gasteiger partial charge in [-0.2, -0.15) is 5.26 Å². The topological polar surface area (TPSA) is 105 Å². The fraction of sp³-hybridized carbons (Fsp3) is 0.100. The van der Waals surface area contributed by atoms with Gasteiger partial charge in [-0.25, -0.2) is 32.8 Å². The highest BCUT2D eigenvalue weighted by Gasteiger charge is 2.24. The highest BCUT2D eigenvalue weighted by Crippen LogP contribution is 2.44. The van der Waals surface area contributed by atoms with Crippen molar-refractivity contribution >= 4 is 105 Å². The van der Waals surface area contributed by atoms with Crippen molar-refractivity contribution in [3.63, 3.8) is 0 Å². The lowest BCUT2D eigenvalue weighted by atomic mass is 9.99. The maximum absolute atomic E-state index is 9.27. The Morgan fingerprint density at radius 2 is 0.761 bits per heavy atom. The van der Waals surface area contributed by atoms with E-state index >= 15 is 0 Å². The number of para-hydroxylation sites is 2. The summed E-state index contributed by atoms with van der Waals surface area (Å²) in [5.41, 5.74) is 22.2. The number of aryl methyl sites for hydroxylation is 8. The number of furan rings is 4. The number of benzene rings is 8. The zero-order chi connectivity index (χ0) is 63.9. The van der Waals surface area contributed by atoms with E-state index < -0.39 is 0 Å². The summed E-state index contributed by atoms with van der Waals surface area (Å²) in [6, 6.07) is 66.4. The van der Waals surface area contributed by atoms with Crippen LogP contribution >= 0.6 is 0 Å². The monoisotopic (exact) mass is 1200 g/mol. The van der Waals surface area contributed by atoms with Crippen molar-refractivity contribution in [3.05, 3.63) is 281 Å². The normalized spacial score (nSPS) is 11.0. The Bertz CT molecular complexity index is 5770. The van der Waals surface area contributed by atoms with E-state index in [1.165, 1.54) is 33.5 Å². The molecule has 0 saturated carbocycles. The van der Waals surface area contributed by atoms with E-state index in [-0.39, 0.29) is 0 Å². The van der Waals surface area contributed by atoms with E-state index in [1.54, 1.807) is 18.2 Å². The summed E-state index contributed by atoms with van der Waals surface area (Å²) >= 11 is 0. The molecule has 0 N–H and O–H groups in total. The van der Waals surface area contributed by atoms with E-state index in [2.05, 4.69) is 142 Å². The van der Waals surface area contributed by atoms with Crippen molar-refractivity contribution in [2.75, 3.05) is 0 Å².